The first-order chi connectivity index (χ1) is 9.66. The Morgan fingerprint density at radius 1 is 1.15 bits per heavy atom. The van der Waals surface area contributed by atoms with Crippen molar-refractivity contribution in [1.82, 2.24) is 0 Å². The van der Waals surface area contributed by atoms with E-state index in [9.17, 15) is 9.18 Å². The predicted molar refractivity (Wildman–Crippen MR) is 89.5 cm³/mol. The largest absolute Gasteiger partial charge is 0.325 e. The molecule has 0 bridgehead atoms. The van der Waals surface area contributed by atoms with Crippen molar-refractivity contribution < 1.29 is 9.18 Å². The smallest absolute Gasteiger partial charge is 0.225 e. The summed E-state index contributed by atoms with van der Waals surface area (Å²) >= 11 is 3.53. The third-order valence-electron chi connectivity index (χ3n) is 2.57. The first-order valence-electron chi connectivity index (χ1n) is 6.08. The fourth-order valence-electron chi connectivity index (χ4n) is 1.59. The Labute approximate surface area is 135 Å². The molecule has 0 saturated carbocycles. The van der Waals surface area contributed by atoms with Gasteiger partial charge in [0, 0.05) is 20.6 Å². The van der Waals surface area contributed by atoms with Gasteiger partial charge in [0.2, 0.25) is 5.91 Å². The Bertz CT molecular complexity index is 606. The van der Waals surface area contributed by atoms with Crippen LogP contribution in [-0.2, 0) is 4.79 Å². The summed E-state index contributed by atoms with van der Waals surface area (Å²) < 4.78 is 14.4. The van der Waals surface area contributed by atoms with Gasteiger partial charge >= 0.3 is 0 Å². The van der Waals surface area contributed by atoms with E-state index in [2.05, 4.69) is 27.9 Å². The SMILES string of the molecule is O=C(CCSc1ccccc1F)Nc1ccccc1I. The number of rotatable bonds is 5. The minimum Gasteiger partial charge on any atom is -0.325 e. The van der Waals surface area contributed by atoms with Gasteiger partial charge in [-0.25, -0.2) is 4.39 Å². The summed E-state index contributed by atoms with van der Waals surface area (Å²) in [6.07, 6.45) is 0.351. The Hall–Kier alpha value is -1.08. The van der Waals surface area contributed by atoms with Crippen LogP contribution in [0.3, 0.4) is 0 Å². The number of amides is 1. The zero-order chi connectivity index (χ0) is 14.4. The summed E-state index contributed by atoms with van der Waals surface area (Å²) in [6.45, 7) is 0. The average molecular weight is 401 g/mol. The summed E-state index contributed by atoms with van der Waals surface area (Å²) in [5.74, 6) is 0.254. The lowest BCUT2D eigenvalue weighted by Gasteiger charge is -2.07. The number of hydrogen-bond acceptors (Lipinski definition) is 2. The van der Waals surface area contributed by atoms with Gasteiger partial charge < -0.3 is 5.32 Å². The number of para-hydroxylation sites is 1. The summed E-state index contributed by atoms with van der Waals surface area (Å²) in [6, 6.07) is 14.2. The summed E-state index contributed by atoms with van der Waals surface area (Å²) in [7, 11) is 0. The Kier molecular flexibility index (Phi) is 5.85. The minimum atomic E-state index is -0.240. The Morgan fingerprint density at radius 3 is 2.60 bits per heavy atom. The Morgan fingerprint density at radius 2 is 1.85 bits per heavy atom. The molecule has 5 heteroatoms. The highest BCUT2D eigenvalue weighted by atomic mass is 127. The number of halogens is 2. The van der Waals surface area contributed by atoms with Gasteiger partial charge in [0.25, 0.3) is 0 Å². The molecule has 0 fully saturated rings. The number of benzene rings is 2. The fraction of sp³-hybridized carbons (Fsp3) is 0.133. The van der Waals surface area contributed by atoms with Crippen molar-refractivity contribution >= 4 is 45.9 Å². The molecule has 0 heterocycles. The second-order valence-electron chi connectivity index (χ2n) is 4.06. The monoisotopic (exact) mass is 401 g/mol. The molecule has 0 unspecified atom stereocenters. The van der Waals surface area contributed by atoms with E-state index in [-0.39, 0.29) is 11.7 Å². The van der Waals surface area contributed by atoms with Crippen molar-refractivity contribution in [3.05, 3.63) is 57.9 Å². The zero-order valence-corrected chi connectivity index (χ0v) is 13.6. The molecular weight excluding hydrogens is 388 g/mol. The molecule has 0 spiro atoms. The fourth-order valence-corrected chi connectivity index (χ4v) is 3.00. The minimum absolute atomic E-state index is 0.0574. The maximum Gasteiger partial charge on any atom is 0.225 e. The number of thioether (sulfide) groups is 1. The van der Waals surface area contributed by atoms with E-state index in [0.29, 0.717) is 17.1 Å². The van der Waals surface area contributed by atoms with Crippen LogP contribution < -0.4 is 5.32 Å². The number of carbonyl (C=O) groups excluding carboxylic acids is 1. The number of hydrogen-bond donors (Lipinski definition) is 1. The van der Waals surface area contributed by atoms with E-state index in [1.54, 1.807) is 18.2 Å². The third-order valence-corrected chi connectivity index (χ3v) is 4.56. The van der Waals surface area contributed by atoms with Gasteiger partial charge in [0.1, 0.15) is 5.82 Å². The van der Waals surface area contributed by atoms with E-state index in [1.165, 1.54) is 17.8 Å². The molecule has 0 aliphatic rings. The number of nitrogens with one attached hydrogen (secondary N) is 1. The number of anilines is 1. The summed E-state index contributed by atoms with van der Waals surface area (Å²) in [5.41, 5.74) is 0.814. The van der Waals surface area contributed by atoms with Crippen LogP contribution >= 0.6 is 34.4 Å². The molecule has 1 amide bonds. The molecule has 104 valence electrons. The summed E-state index contributed by atoms with van der Waals surface area (Å²) in [4.78, 5) is 12.4. The van der Waals surface area contributed by atoms with Gasteiger partial charge in [-0.05, 0) is 46.9 Å². The average Bonchev–Trinajstić information content (AvgIpc) is 2.43. The molecule has 0 aromatic heterocycles. The van der Waals surface area contributed by atoms with E-state index in [1.807, 2.05) is 24.3 Å². The molecule has 20 heavy (non-hydrogen) atoms. The molecule has 2 rings (SSSR count). The van der Waals surface area contributed by atoms with Gasteiger partial charge in [-0.1, -0.05) is 24.3 Å². The molecule has 0 radical (unpaired) electrons. The lowest BCUT2D eigenvalue weighted by Crippen LogP contribution is -2.13. The van der Waals surface area contributed by atoms with Gasteiger partial charge in [-0.2, -0.15) is 0 Å². The van der Waals surface area contributed by atoms with Gasteiger partial charge in [-0.15, -0.1) is 11.8 Å². The lowest BCUT2D eigenvalue weighted by atomic mass is 10.3. The highest BCUT2D eigenvalue weighted by Crippen LogP contribution is 2.22. The first-order valence-corrected chi connectivity index (χ1v) is 8.15. The third kappa shape index (κ3) is 4.49. The van der Waals surface area contributed by atoms with Crippen molar-refractivity contribution in [2.45, 2.75) is 11.3 Å². The second-order valence-corrected chi connectivity index (χ2v) is 6.36. The molecule has 0 saturated heterocycles. The Balaban J connectivity index is 1.82. The van der Waals surface area contributed by atoms with Crippen molar-refractivity contribution in [2.75, 3.05) is 11.1 Å². The molecule has 2 nitrogen and oxygen atoms in total. The second kappa shape index (κ2) is 7.64. The molecule has 2 aromatic rings. The highest BCUT2D eigenvalue weighted by molar-refractivity contribution is 14.1. The van der Waals surface area contributed by atoms with Gasteiger partial charge in [-0.3, -0.25) is 4.79 Å². The van der Waals surface area contributed by atoms with Crippen LogP contribution in [0.1, 0.15) is 6.42 Å². The lowest BCUT2D eigenvalue weighted by molar-refractivity contribution is -0.115. The molecule has 0 aliphatic carbocycles. The number of carbonyl (C=O) groups is 1. The van der Waals surface area contributed by atoms with Crippen LogP contribution in [0.15, 0.2) is 53.4 Å². The van der Waals surface area contributed by atoms with Crippen LogP contribution in [0.2, 0.25) is 0 Å². The maximum absolute atomic E-state index is 13.4. The predicted octanol–water partition coefficient (Wildman–Crippen LogP) is 4.55. The van der Waals surface area contributed by atoms with Crippen molar-refractivity contribution in [2.24, 2.45) is 0 Å². The standard InChI is InChI=1S/C15H13FINOS/c16-11-5-1-4-8-14(11)20-10-9-15(19)18-13-7-3-2-6-12(13)17/h1-8H,9-10H2,(H,18,19). The van der Waals surface area contributed by atoms with Crippen LogP contribution in [0.5, 0.6) is 0 Å². The van der Waals surface area contributed by atoms with Gasteiger partial charge in [0.05, 0.1) is 5.69 Å². The topological polar surface area (TPSA) is 29.1 Å². The van der Waals surface area contributed by atoms with Crippen LogP contribution in [0.4, 0.5) is 10.1 Å². The van der Waals surface area contributed by atoms with Gasteiger partial charge in [0.15, 0.2) is 0 Å². The quantitative estimate of drug-likeness (QED) is 0.589. The van der Waals surface area contributed by atoms with Crippen molar-refractivity contribution in [3.63, 3.8) is 0 Å². The van der Waals surface area contributed by atoms with Crippen LogP contribution in [-0.4, -0.2) is 11.7 Å². The molecule has 0 atom stereocenters. The highest BCUT2D eigenvalue weighted by Gasteiger charge is 2.06. The van der Waals surface area contributed by atoms with E-state index in [4.69, 9.17) is 0 Å². The summed E-state index contributed by atoms with van der Waals surface area (Å²) in [5, 5.41) is 2.86. The molecular formula is C15H13FINOS. The zero-order valence-electron chi connectivity index (χ0n) is 10.6. The molecule has 0 aliphatic heterocycles. The molecule has 2 aromatic carbocycles. The van der Waals surface area contributed by atoms with Crippen LogP contribution in [0, 0.1) is 9.39 Å². The van der Waals surface area contributed by atoms with E-state index in [0.717, 1.165) is 9.26 Å². The maximum atomic E-state index is 13.4. The van der Waals surface area contributed by atoms with Crippen molar-refractivity contribution in [1.29, 1.82) is 0 Å². The van der Waals surface area contributed by atoms with E-state index < -0.39 is 0 Å². The van der Waals surface area contributed by atoms with Crippen molar-refractivity contribution in [3.8, 4) is 0 Å². The van der Waals surface area contributed by atoms with E-state index >= 15 is 0 Å². The molecule has 1 N–H and O–H groups in total. The van der Waals surface area contributed by atoms with Crippen LogP contribution in [0.25, 0.3) is 0 Å². The first kappa shape index (κ1) is 15.3. The normalized spacial score (nSPS) is 10.3.